The zero-order chi connectivity index (χ0) is 15.2. The smallest absolute Gasteiger partial charge is 0.259 e. The van der Waals surface area contributed by atoms with Gasteiger partial charge in [-0.2, -0.15) is 0 Å². The maximum Gasteiger partial charge on any atom is 0.259 e. The van der Waals surface area contributed by atoms with Crippen LogP contribution in [-0.2, 0) is 6.54 Å². The zero-order valence-electron chi connectivity index (χ0n) is 12.1. The van der Waals surface area contributed by atoms with Crippen LogP contribution in [0.5, 0.6) is 0 Å². The fourth-order valence-corrected chi connectivity index (χ4v) is 2.10. The molecule has 0 fully saturated rings. The predicted octanol–water partition coefficient (Wildman–Crippen LogP) is 2.53. The number of likely N-dealkylation sites (N-methyl/N-ethyl adjacent to an activating group) is 1. The van der Waals surface area contributed by atoms with Crippen molar-refractivity contribution in [2.75, 3.05) is 27.2 Å². The summed E-state index contributed by atoms with van der Waals surface area (Å²) in [6.45, 7) is 1.85. The van der Waals surface area contributed by atoms with Crippen LogP contribution in [0.4, 0.5) is 0 Å². The van der Waals surface area contributed by atoms with Gasteiger partial charge in [0.15, 0.2) is 0 Å². The molecule has 0 aliphatic rings. The lowest BCUT2D eigenvalue weighted by Gasteiger charge is -2.24. The molecule has 0 atom stereocenters. The largest absolute Gasteiger partial charge is 0.452 e. The molecule has 2 heterocycles. The molecule has 0 saturated carbocycles. The van der Waals surface area contributed by atoms with Crippen molar-refractivity contribution < 1.29 is 9.21 Å². The van der Waals surface area contributed by atoms with Gasteiger partial charge in [-0.25, -0.2) is 0 Å². The second kappa shape index (κ2) is 7.24. The van der Waals surface area contributed by atoms with Crippen molar-refractivity contribution in [2.45, 2.75) is 6.54 Å². The first-order valence-electron chi connectivity index (χ1n) is 6.64. The minimum Gasteiger partial charge on any atom is -0.452 e. The van der Waals surface area contributed by atoms with Gasteiger partial charge in [-0.15, -0.1) is 0 Å². The summed E-state index contributed by atoms with van der Waals surface area (Å²) < 4.78 is 5.01. The molecule has 1 amide bonds. The van der Waals surface area contributed by atoms with Gasteiger partial charge in [0.25, 0.3) is 5.91 Å². The van der Waals surface area contributed by atoms with E-state index in [1.165, 1.54) is 6.26 Å². The Morgan fingerprint density at radius 3 is 2.71 bits per heavy atom. The highest BCUT2D eigenvalue weighted by molar-refractivity contribution is 6.32. The summed E-state index contributed by atoms with van der Waals surface area (Å²) in [5.74, 6) is -0.139. The lowest BCUT2D eigenvalue weighted by atomic mass is 10.2. The quantitative estimate of drug-likeness (QED) is 0.823. The van der Waals surface area contributed by atoms with Crippen molar-refractivity contribution in [1.82, 2.24) is 14.8 Å². The van der Waals surface area contributed by atoms with E-state index in [-0.39, 0.29) is 11.1 Å². The van der Waals surface area contributed by atoms with Gasteiger partial charge < -0.3 is 14.2 Å². The fraction of sp³-hybridized carbons (Fsp3) is 0.333. The molecule has 112 valence electrons. The summed E-state index contributed by atoms with van der Waals surface area (Å²) in [6, 6.07) is 5.39. The van der Waals surface area contributed by atoms with E-state index < -0.39 is 0 Å². The maximum atomic E-state index is 12.6. The summed E-state index contributed by atoms with van der Waals surface area (Å²) in [6.07, 6.45) is 4.89. The van der Waals surface area contributed by atoms with E-state index in [0.29, 0.717) is 18.7 Å². The second-order valence-electron chi connectivity index (χ2n) is 5.00. The SMILES string of the molecule is CN(C)CCN(Cc1cccnc1)C(=O)c1ccoc1Cl. The van der Waals surface area contributed by atoms with Crippen LogP contribution in [-0.4, -0.2) is 47.9 Å². The van der Waals surface area contributed by atoms with Crippen molar-refractivity contribution in [3.63, 3.8) is 0 Å². The van der Waals surface area contributed by atoms with Gasteiger partial charge in [-0.05, 0) is 43.4 Å². The molecule has 21 heavy (non-hydrogen) atoms. The van der Waals surface area contributed by atoms with Crippen LogP contribution in [0.1, 0.15) is 15.9 Å². The number of pyridine rings is 1. The van der Waals surface area contributed by atoms with Gasteiger partial charge in [0.05, 0.1) is 11.8 Å². The Bertz CT molecular complexity index is 584. The molecule has 6 heteroatoms. The van der Waals surface area contributed by atoms with Crippen molar-refractivity contribution in [1.29, 1.82) is 0 Å². The number of hydrogen-bond acceptors (Lipinski definition) is 4. The maximum absolute atomic E-state index is 12.6. The van der Waals surface area contributed by atoms with Crippen LogP contribution in [0.15, 0.2) is 41.3 Å². The van der Waals surface area contributed by atoms with Crippen LogP contribution < -0.4 is 0 Å². The number of halogens is 1. The molecule has 0 saturated heterocycles. The highest BCUT2D eigenvalue weighted by Crippen LogP contribution is 2.19. The Morgan fingerprint density at radius 2 is 2.14 bits per heavy atom. The molecular formula is C15H18ClN3O2. The molecule has 0 bridgehead atoms. The van der Waals surface area contributed by atoms with Crippen molar-refractivity contribution in [2.24, 2.45) is 0 Å². The van der Waals surface area contributed by atoms with E-state index in [4.69, 9.17) is 16.0 Å². The van der Waals surface area contributed by atoms with Crippen LogP contribution >= 0.6 is 11.6 Å². The average Bonchev–Trinajstić information content (AvgIpc) is 2.90. The molecular weight excluding hydrogens is 290 g/mol. The minimum absolute atomic E-state index is 0.126. The number of amides is 1. The van der Waals surface area contributed by atoms with Crippen LogP contribution in [0.2, 0.25) is 5.22 Å². The Morgan fingerprint density at radius 1 is 1.33 bits per heavy atom. The molecule has 0 N–H and O–H groups in total. The summed E-state index contributed by atoms with van der Waals surface area (Å²) in [7, 11) is 3.94. The number of carbonyl (C=O) groups excluding carboxylic acids is 1. The van der Waals surface area contributed by atoms with Crippen LogP contribution in [0, 0.1) is 0 Å². The van der Waals surface area contributed by atoms with Crippen molar-refractivity contribution >= 4 is 17.5 Å². The summed E-state index contributed by atoms with van der Waals surface area (Å²) in [5, 5.41) is 0.126. The van der Waals surface area contributed by atoms with E-state index in [0.717, 1.165) is 12.1 Å². The Kier molecular flexibility index (Phi) is 5.36. The number of aromatic nitrogens is 1. The molecule has 0 aromatic carbocycles. The van der Waals surface area contributed by atoms with Crippen molar-refractivity contribution in [3.8, 4) is 0 Å². The molecule has 0 aliphatic heterocycles. The molecule has 0 spiro atoms. The summed E-state index contributed by atoms with van der Waals surface area (Å²) >= 11 is 5.91. The Labute approximate surface area is 129 Å². The average molecular weight is 308 g/mol. The first-order valence-corrected chi connectivity index (χ1v) is 7.01. The topological polar surface area (TPSA) is 49.6 Å². The monoisotopic (exact) mass is 307 g/mol. The highest BCUT2D eigenvalue weighted by atomic mass is 35.5. The second-order valence-corrected chi connectivity index (χ2v) is 5.34. The third-order valence-corrected chi connectivity index (χ3v) is 3.34. The van der Waals surface area contributed by atoms with Crippen molar-refractivity contribution in [3.05, 3.63) is 53.2 Å². The summed E-state index contributed by atoms with van der Waals surface area (Å²) in [5.41, 5.74) is 1.36. The molecule has 2 rings (SSSR count). The number of rotatable bonds is 6. The number of nitrogens with zero attached hydrogens (tertiary/aromatic N) is 3. The van der Waals surface area contributed by atoms with Gasteiger partial charge in [0, 0.05) is 32.0 Å². The normalized spacial score (nSPS) is 10.9. The Balaban J connectivity index is 2.15. The van der Waals surface area contributed by atoms with Gasteiger partial charge in [-0.3, -0.25) is 9.78 Å². The van der Waals surface area contributed by atoms with E-state index in [1.54, 1.807) is 23.4 Å². The zero-order valence-corrected chi connectivity index (χ0v) is 12.9. The van der Waals surface area contributed by atoms with E-state index in [1.807, 2.05) is 31.1 Å². The molecule has 0 unspecified atom stereocenters. The molecule has 0 aliphatic carbocycles. The standard InChI is InChI=1S/C15H18ClN3O2/c1-18(2)7-8-19(11-12-4-3-6-17-10-12)15(20)13-5-9-21-14(13)16/h3-6,9-10H,7-8,11H2,1-2H3. The third-order valence-electron chi connectivity index (χ3n) is 3.05. The molecule has 2 aromatic rings. The number of hydrogen-bond donors (Lipinski definition) is 0. The lowest BCUT2D eigenvalue weighted by Crippen LogP contribution is -2.36. The summed E-state index contributed by atoms with van der Waals surface area (Å²) in [4.78, 5) is 20.4. The Hall–Kier alpha value is -1.85. The minimum atomic E-state index is -0.139. The van der Waals surface area contributed by atoms with Gasteiger partial charge in [-0.1, -0.05) is 6.07 Å². The number of carbonyl (C=O) groups is 1. The van der Waals surface area contributed by atoms with Gasteiger partial charge in [0.1, 0.15) is 0 Å². The fourth-order valence-electron chi connectivity index (χ4n) is 1.90. The first-order chi connectivity index (χ1) is 10.1. The van der Waals surface area contributed by atoms with Crippen LogP contribution in [0.25, 0.3) is 0 Å². The third kappa shape index (κ3) is 4.31. The first kappa shape index (κ1) is 15.5. The van der Waals surface area contributed by atoms with E-state index in [2.05, 4.69) is 4.98 Å². The molecule has 5 nitrogen and oxygen atoms in total. The van der Waals surface area contributed by atoms with Gasteiger partial charge in [0.2, 0.25) is 5.22 Å². The predicted molar refractivity (Wildman–Crippen MR) is 81.2 cm³/mol. The van der Waals surface area contributed by atoms with E-state index >= 15 is 0 Å². The highest BCUT2D eigenvalue weighted by Gasteiger charge is 2.20. The number of furan rings is 1. The van der Waals surface area contributed by atoms with Crippen LogP contribution in [0.3, 0.4) is 0 Å². The van der Waals surface area contributed by atoms with Gasteiger partial charge >= 0.3 is 0 Å². The molecule has 0 radical (unpaired) electrons. The van der Waals surface area contributed by atoms with E-state index in [9.17, 15) is 4.79 Å². The lowest BCUT2D eigenvalue weighted by molar-refractivity contribution is 0.0731. The molecule has 2 aromatic heterocycles.